The molecule has 1 fully saturated rings. The predicted octanol–water partition coefficient (Wildman–Crippen LogP) is 1.92. The molecule has 21 heavy (non-hydrogen) atoms. The van der Waals surface area contributed by atoms with E-state index in [4.69, 9.17) is 4.74 Å². The Kier molecular flexibility index (Phi) is 3.92. The number of carbonyl (C=O) groups is 1. The molecule has 1 saturated heterocycles. The Morgan fingerprint density at radius 3 is 2.95 bits per heavy atom. The summed E-state index contributed by atoms with van der Waals surface area (Å²) in [5.41, 5.74) is 3.18. The summed E-state index contributed by atoms with van der Waals surface area (Å²) in [6, 6.07) is 6.16. The molecule has 1 aromatic heterocycles. The third kappa shape index (κ3) is 2.93. The fourth-order valence-corrected chi connectivity index (χ4v) is 2.77. The molecule has 0 atom stereocenters. The summed E-state index contributed by atoms with van der Waals surface area (Å²) in [6.07, 6.45) is 1.65. The van der Waals surface area contributed by atoms with Gasteiger partial charge in [-0.25, -0.2) is 4.98 Å². The van der Waals surface area contributed by atoms with Crippen LogP contribution in [-0.2, 0) is 23.1 Å². The Morgan fingerprint density at radius 1 is 1.43 bits per heavy atom. The number of carbonyl (C=O) groups excluding carboxylic acids is 1. The van der Waals surface area contributed by atoms with E-state index in [9.17, 15) is 4.79 Å². The van der Waals surface area contributed by atoms with Crippen LogP contribution in [0.25, 0.3) is 11.0 Å². The largest absolute Gasteiger partial charge is 0.381 e. The number of amides is 1. The number of imidazole rings is 1. The van der Waals surface area contributed by atoms with Gasteiger partial charge in [-0.1, -0.05) is 6.07 Å². The molecule has 1 amide bonds. The van der Waals surface area contributed by atoms with Crippen molar-refractivity contribution in [2.75, 3.05) is 13.2 Å². The van der Waals surface area contributed by atoms with Crippen molar-refractivity contribution in [1.82, 2.24) is 14.9 Å². The molecular weight excluding hydrogens is 266 g/mol. The lowest BCUT2D eigenvalue weighted by Gasteiger charge is -2.21. The monoisotopic (exact) mass is 287 g/mol. The Hall–Kier alpha value is -1.88. The van der Waals surface area contributed by atoms with Gasteiger partial charge < -0.3 is 14.6 Å². The highest BCUT2D eigenvalue weighted by Crippen LogP contribution is 2.17. The standard InChI is InChI=1S/C16H21N3O2/c1-11-18-14-9-12(3-4-15(14)19(11)2)10-17-16(20)13-5-7-21-8-6-13/h3-4,9,13H,5-8,10H2,1-2H3,(H,17,20). The van der Waals surface area contributed by atoms with Crippen LogP contribution in [-0.4, -0.2) is 28.7 Å². The summed E-state index contributed by atoms with van der Waals surface area (Å²) in [4.78, 5) is 16.6. The highest BCUT2D eigenvalue weighted by molar-refractivity contribution is 5.79. The first-order chi connectivity index (χ1) is 10.1. The number of hydrogen-bond donors (Lipinski definition) is 1. The molecule has 1 aliphatic rings. The average Bonchev–Trinajstić information content (AvgIpc) is 2.80. The van der Waals surface area contributed by atoms with Crippen LogP contribution < -0.4 is 5.32 Å². The normalized spacial score (nSPS) is 16.3. The lowest BCUT2D eigenvalue weighted by molar-refractivity contribution is -0.128. The van der Waals surface area contributed by atoms with Gasteiger partial charge in [-0.3, -0.25) is 4.79 Å². The number of rotatable bonds is 3. The Labute approximate surface area is 124 Å². The number of fused-ring (bicyclic) bond motifs is 1. The summed E-state index contributed by atoms with van der Waals surface area (Å²) < 4.78 is 7.35. The predicted molar refractivity (Wildman–Crippen MR) is 80.8 cm³/mol. The maximum Gasteiger partial charge on any atom is 0.223 e. The molecule has 1 aliphatic heterocycles. The molecule has 112 valence electrons. The average molecular weight is 287 g/mol. The molecule has 2 heterocycles. The molecule has 1 N–H and O–H groups in total. The number of benzene rings is 1. The molecule has 0 saturated carbocycles. The number of aryl methyl sites for hydroxylation is 2. The second-order valence-electron chi connectivity index (χ2n) is 5.65. The first-order valence-corrected chi connectivity index (χ1v) is 7.42. The summed E-state index contributed by atoms with van der Waals surface area (Å²) in [5, 5.41) is 3.03. The van der Waals surface area contributed by atoms with E-state index >= 15 is 0 Å². The second-order valence-corrected chi connectivity index (χ2v) is 5.65. The minimum atomic E-state index is 0.0968. The van der Waals surface area contributed by atoms with E-state index in [1.165, 1.54) is 0 Å². The van der Waals surface area contributed by atoms with Gasteiger partial charge in [0, 0.05) is 32.7 Å². The number of aromatic nitrogens is 2. The van der Waals surface area contributed by atoms with E-state index in [-0.39, 0.29) is 11.8 Å². The van der Waals surface area contributed by atoms with Crippen molar-refractivity contribution < 1.29 is 9.53 Å². The summed E-state index contributed by atoms with van der Waals surface area (Å²) in [7, 11) is 2.01. The molecule has 0 aliphatic carbocycles. The van der Waals surface area contributed by atoms with Crippen molar-refractivity contribution in [1.29, 1.82) is 0 Å². The van der Waals surface area contributed by atoms with Gasteiger partial charge in [0.05, 0.1) is 11.0 Å². The van der Waals surface area contributed by atoms with Crippen molar-refractivity contribution in [3.8, 4) is 0 Å². The zero-order valence-electron chi connectivity index (χ0n) is 12.6. The first-order valence-electron chi connectivity index (χ1n) is 7.42. The number of nitrogens with zero attached hydrogens (tertiary/aromatic N) is 2. The Morgan fingerprint density at radius 2 is 2.19 bits per heavy atom. The van der Waals surface area contributed by atoms with Gasteiger partial charge in [0.1, 0.15) is 5.82 Å². The molecule has 0 bridgehead atoms. The Bertz CT molecular complexity index is 657. The fraction of sp³-hybridized carbons (Fsp3) is 0.500. The molecular formula is C16H21N3O2. The van der Waals surface area contributed by atoms with E-state index in [0.717, 1.165) is 35.3 Å². The van der Waals surface area contributed by atoms with E-state index < -0.39 is 0 Å². The zero-order chi connectivity index (χ0) is 14.8. The van der Waals surface area contributed by atoms with Gasteiger partial charge in [-0.15, -0.1) is 0 Å². The zero-order valence-corrected chi connectivity index (χ0v) is 12.6. The van der Waals surface area contributed by atoms with Crippen molar-refractivity contribution in [2.45, 2.75) is 26.3 Å². The van der Waals surface area contributed by atoms with Crippen LogP contribution >= 0.6 is 0 Å². The van der Waals surface area contributed by atoms with Gasteiger partial charge in [0.25, 0.3) is 0 Å². The summed E-state index contributed by atoms with van der Waals surface area (Å²) >= 11 is 0. The second kappa shape index (κ2) is 5.85. The third-order valence-corrected chi connectivity index (χ3v) is 4.23. The topological polar surface area (TPSA) is 56.1 Å². The number of hydrogen-bond acceptors (Lipinski definition) is 3. The van der Waals surface area contributed by atoms with Gasteiger partial charge in [0.2, 0.25) is 5.91 Å². The summed E-state index contributed by atoms with van der Waals surface area (Å²) in [6.45, 7) is 3.93. The first kappa shape index (κ1) is 14.1. The van der Waals surface area contributed by atoms with Crippen LogP contribution in [0, 0.1) is 12.8 Å². The van der Waals surface area contributed by atoms with Gasteiger partial charge in [-0.05, 0) is 37.5 Å². The SMILES string of the molecule is Cc1nc2cc(CNC(=O)C3CCOCC3)ccc2n1C. The van der Waals surface area contributed by atoms with Crippen LogP contribution in [0.15, 0.2) is 18.2 Å². The molecule has 0 spiro atoms. The van der Waals surface area contributed by atoms with Crippen molar-refractivity contribution in [2.24, 2.45) is 13.0 Å². The van der Waals surface area contributed by atoms with Crippen LogP contribution in [0.5, 0.6) is 0 Å². The maximum absolute atomic E-state index is 12.1. The molecule has 0 unspecified atom stereocenters. The summed E-state index contributed by atoms with van der Waals surface area (Å²) in [5.74, 6) is 1.23. The van der Waals surface area contributed by atoms with Crippen LogP contribution in [0.1, 0.15) is 24.2 Å². The maximum atomic E-state index is 12.1. The molecule has 5 heteroatoms. The Balaban J connectivity index is 1.66. The van der Waals surface area contributed by atoms with Crippen LogP contribution in [0.3, 0.4) is 0 Å². The highest BCUT2D eigenvalue weighted by atomic mass is 16.5. The molecule has 0 radical (unpaired) electrons. The fourth-order valence-electron chi connectivity index (χ4n) is 2.77. The van der Waals surface area contributed by atoms with E-state index in [1.54, 1.807) is 0 Å². The highest BCUT2D eigenvalue weighted by Gasteiger charge is 2.21. The van der Waals surface area contributed by atoms with Crippen LogP contribution in [0.2, 0.25) is 0 Å². The van der Waals surface area contributed by atoms with Crippen molar-refractivity contribution in [3.63, 3.8) is 0 Å². The van der Waals surface area contributed by atoms with Gasteiger partial charge >= 0.3 is 0 Å². The van der Waals surface area contributed by atoms with Gasteiger partial charge in [-0.2, -0.15) is 0 Å². The smallest absolute Gasteiger partial charge is 0.223 e. The number of ether oxygens (including phenoxy) is 1. The third-order valence-electron chi connectivity index (χ3n) is 4.23. The quantitative estimate of drug-likeness (QED) is 0.938. The molecule has 3 rings (SSSR count). The molecule has 2 aromatic rings. The molecule has 5 nitrogen and oxygen atoms in total. The van der Waals surface area contributed by atoms with E-state index in [0.29, 0.717) is 19.8 Å². The number of nitrogens with one attached hydrogen (secondary N) is 1. The lowest BCUT2D eigenvalue weighted by atomic mass is 9.99. The minimum absolute atomic E-state index is 0.0968. The van der Waals surface area contributed by atoms with Crippen LogP contribution in [0.4, 0.5) is 0 Å². The van der Waals surface area contributed by atoms with E-state index in [2.05, 4.69) is 20.9 Å². The minimum Gasteiger partial charge on any atom is -0.381 e. The molecule has 1 aromatic carbocycles. The van der Waals surface area contributed by atoms with Gasteiger partial charge in [0.15, 0.2) is 0 Å². The van der Waals surface area contributed by atoms with Crippen molar-refractivity contribution in [3.05, 3.63) is 29.6 Å². The van der Waals surface area contributed by atoms with Crippen molar-refractivity contribution >= 4 is 16.9 Å². The lowest BCUT2D eigenvalue weighted by Crippen LogP contribution is -2.33. The van der Waals surface area contributed by atoms with E-state index in [1.807, 2.05) is 26.1 Å².